The number of carbonyl (C=O) groups is 1. The zero-order valence-corrected chi connectivity index (χ0v) is 9.97. The van der Waals surface area contributed by atoms with Crippen LogP contribution in [0.25, 0.3) is 11.2 Å². The lowest BCUT2D eigenvalue weighted by Gasteiger charge is -2.14. The van der Waals surface area contributed by atoms with Crippen LogP contribution in [0.2, 0.25) is 0 Å². The van der Waals surface area contributed by atoms with Crippen molar-refractivity contribution in [2.75, 3.05) is 5.32 Å². The molecule has 0 radical (unpaired) electrons. The third-order valence-corrected chi connectivity index (χ3v) is 2.89. The largest absolute Gasteiger partial charge is 0.357 e. The molecular formula is C11H14N6O. The van der Waals surface area contributed by atoms with Crippen LogP contribution in [-0.2, 0) is 4.79 Å². The number of hydrogen-bond acceptors (Lipinski definition) is 5. The molecule has 1 saturated carbocycles. The van der Waals surface area contributed by atoms with Crippen LogP contribution < -0.4 is 10.6 Å². The zero-order valence-electron chi connectivity index (χ0n) is 9.97. The Morgan fingerprint density at radius 3 is 3.06 bits per heavy atom. The molecule has 7 nitrogen and oxygen atoms in total. The molecule has 2 aromatic heterocycles. The number of aromatic nitrogens is 4. The van der Waals surface area contributed by atoms with Crippen LogP contribution in [-0.4, -0.2) is 37.9 Å². The average molecular weight is 246 g/mol. The van der Waals surface area contributed by atoms with E-state index in [1.165, 1.54) is 6.33 Å². The molecular weight excluding hydrogens is 232 g/mol. The Labute approximate surface area is 103 Å². The van der Waals surface area contributed by atoms with Crippen molar-refractivity contribution in [2.24, 2.45) is 0 Å². The van der Waals surface area contributed by atoms with E-state index in [2.05, 4.69) is 30.6 Å². The van der Waals surface area contributed by atoms with E-state index in [0.29, 0.717) is 23.0 Å². The summed E-state index contributed by atoms with van der Waals surface area (Å²) < 4.78 is 0. The Bertz CT molecular complexity index is 576. The Balaban J connectivity index is 1.74. The molecule has 1 aliphatic rings. The number of aromatic amines is 1. The smallest absolute Gasteiger partial charge is 0.242 e. The normalized spacial score (nSPS) is 16.5. The molecule has 18 heavy (non-hydrogen) atoms. The molecule has 94 valence electrons. The van der Waals surface area contributed by atoms with Crippen LogP contribution in [0.4, 0.5) is 5.82 Å². The van der Waals surface area contributed by atoms with Crippen molar-refractivity contribution in [1.29, 1.82) is 0 Å². The lowest BCUT2D eigenvalue weighted by Crippen LogP contribution is -2.38. The van der Waals surface area contributed by atoms with E-state index in [4.69, 9.17) is 0 Å². The fourth-order valence-electron chi connectivity index (χ4n) is 1.70. The van der Waals surface area contributed by atoms with E-state index >= 15 is 0 Å². The van der Waals surface area contributed by atoms with Gasteiger partial charge in [-0.05, 0) is 19.8 Å². The lowest BCUT2D eigenvalue weighted by atomic mass is 10.3. The molecule has 3 rings (SSSR count). The van der Waals surface area contributed by atoms with E-state index in [9.17, 15) is 4.79 Å². The first kappa shape index (κ1) is 10.9. The van der Waals surface area contributed by atoms with Gasteiger partial charge in [-0.25, -0.2) is 15.0 Å². The molecule has 1 amide bonds. The molecule has 0 spiro atoms. The molecule has 0 saturated heterocycles. The summed E-state index contributed by atoms with van der Waals surface area (Å²) >= 11 is 0. The first-order valence-electron chi connectivity index (χ1n) is 5.95. The third-order valence-electron chi connectivity index (χ3n) is 2.89. The van der Waals surface area contributed by atoms with Crippen molar-refractivity contribution in [1.82, 2.24) is 25.3 Å². The van der Waals surface area contributed by atoms with Crippen molar-refractivity contribution in [3.8, 4) is 0 Å². The average Bonchev–Trinajstić information content (AvgIpc) is 3.04. The quantitative estimate of drug-likeness (QED) is 0.727. The van der Waals surface area contributed by atoms with Gasteiger partial charge in [0.15, 0.2) is 11.5 Å². The highest BCUT2D eigenvalue weighted by molar-refractivity contribution is 5.88. The maximum atomic E-state index is 11.8. The number of amides is 1. The summed E-state index contributed by atoms with van der Waals surface area (Å²) in [5.74, 6) is 0.583. The molecule has 0 bridgehead atoms. The van der Waals surface area contributed by atoms with Gasteiger partial charge in [0.2, 0.25) is 5.91 Å². The highest BCUT2D eigenvalue weighted by atomic mass is 16.2. The van der Waals surface area contributed by atoms with Gasteiger partial charge in [-0.1, -0.05) is 0 Å². The number of anilines is 1. The first-order chi connectivity index (χ1) is 8.74. The van der Waals surface area contributed by atoms with Gasteiger partial charge in [0.1, 0.15) is 17.9 Å². The van der Waals surface area contributed by atoms with Crippen LogP contribution in [0.3, 0.4) is 0 Å². The molecule has 0 aliphatic heterocycles. The van der Waals surface area contributed by atoms with Gasteiger partial charge >= 0.3 is 0 Å². The number of nitrogens with zero attached hydrogens (tertiary/aromatic N) is 3. The van der Waals surface area contributed by atoms with Gasteiger partial charge in [0.25, 0.3) is 0 Å². The maximum Gasteiger partial charge on any atom is 0.242 e. The molecule has 1 aliphatic carbocycles. The monoisotopic (exact) mass is 246 g/mol. The van der Waals surface area contributed by atoms with Gasteiger partial charge < -0.3 is 15.6 Å². The van der Waals surface area contributed by atoms with E-state index < -0.39 is 0 Å². The summed E-state index contributed by atoms with van der Waals surface area (Å²) in [6.45, 7) is 1.81. The van der Waals surface area contributed by atoms with E-state index in [0.717, 1.165) is 12.8 Å². The van der Waals surface area contributed by atoms with Crippen LogP contribution in [0.5, 0.6) is 0 Å². The number of rotatable bonds is 4. The third kappa shape index (κ3) is 2.11. The molecule has 3 N–H and O–H groups in total. The molecule has 1 atom stereocenters. The molecule has 2 heterocycles. The summed E-state index contributed by atoms with van der Waals surface area (Å²) in [5.41, 5.74) is 1.30. The van der Waals surface area contributed by atoms with E-state index in [-0.39, 0.29) is 11.9 Å². The van der Waals surface area contributed by atoms with Crippen LogP contribution >= 0.6 is 0 Å². The number of H-pyrrole nitrogens is 1. The van der Waals surface area contributed by atoms with Crippen LogP contribution in [0, 0.1) is 0 Å². The summed E-state index contributed by atoms with van der Waals surface area (Å²) in [7, 11) is 0. The number of nitrogens with one attached hydrogen (secondary N) is 3. The SMILES string of the molecule is CC(Nc1ncnc2nc[nH]c12)C(=O)NC1CC1. The number of fused-ring (bicyclic) bond motifs is 1. The topological polar surface area (TPSA) is 95.6 Å². The molecule has 2 aromatic rings. The minimum absolute atomic E-state index is 0.0104. The highest BCUT2D eigenvalue weighted by Gasteiger charge is 2.25. The molecule has 7 heteroatoms. The van der Waals surface area contributed by atoms with Gasteiger partial charge in [-0.2, -0.15) is 0 Å². The summed E-state index contributed by atoms with van der Waals surface area (Å²) in [6.07, 6.45) is 5.14. The second kappa shape index (κ2) is 4.25. The molecule has 0 aromatic carbocycles. The number of imidazole rings is 1. The second-order valence-electron chi connectivity index (χ2n) is 4.47. The van der Waals surface area contributed by atoms with Gasteiger partial charge in [0, 0.05) is 6.04 Å². The Morgan fingerprint density at radius 2 is 2.28 bits per heavy atom. The minimum atomic E-state index is -0.341. The molecule has 1 unspecified atom stereocenters. The summed E-state index contributed by atoms with van der Waals surface area (Å²) in [5, 5.41) is 6.01. The first-order valence-corrected chi connectivity index (χ1v) is 5.95. The van der Waals surface area contributed by atoms with Crippen molar-refractivity contribution in [3.05, 3.63) is 12.7 Å². The Kier molecular flexibility index (Phi) is 2.58. The van der Waals surface area contributed by atoms with Crippen LogP contribution in [0.1, 0.15) is 19.8 Å². The van der Waals surface area contributed by atoms with Crippen molar-refractivity contribution in [2.45, 2.75) is 31.8 Å². The van der Waals surface area contributed by atoms with Gasteiger partial charge in [0.05, 0.1) is 6.33 Å². The lowest BCUT2D eigenvalue weighted by molar-refractivity contribution is -0.121. The van der Waals surface area contributed by atoms with Gasteiger partial charge in [-0.15, -0.1) is 0 Å². The number of carbonyl (C=O) groups excluding carboxylic acids is 1. The van der Waals surface area contributed by atoms with Crippen molar-refractivity contribution >= 4 is 22.9 Å². The fraction of sp³-hybridized carbons (Fsp3) is 0.455. The maximum absolute atomic E-state index is 11.8. The van der Waals surface area contributed by atoms with Crippen LogP contribution in [0.15, 0.2) is 12.7 Å². The van der Waals surface area contributed by atoms with E-state index in [1.54, 1.807) is 6.33 Å². The highest BCUT2D eigenvalue weighted by Crippen LogP contribution is 2.19. The number of hydrogen-bond donors (Lipinski definition) is 3. The van der Waals surface area contributed by atoms with Gasteiger partial charge in [-0.3, -0.25) is 4.79 Å². The fourth-order valence-corrected chi connectivity index (χ4v) is 1.70. The minimum Gasteiger partial charge on any atom is -0.357 e. The predicted molar refractivity (Wildman–Crippen MR) is 65.9 cm³/mol. The second-order valence-corrected chi connectivity index (χ2v) is 4.47. The van der Waals surface area contributed by atoms with E-state index in [1.807, 2.05) is 6.92 Å². The summed E-state index contributed by atoms with van der Waals surface area (Å²) in [6, 6.07) is 0.0197. The van der Waals surface area contributed by atoms with Crippen molar-refractivity contribution in [3.63, 3.8) is 0 Å². The van der Waals surface area contributed by atoms with Crippen molar-refractivity contribution < 1.29 is 4.79 Å². The zero-order chi connectivity index (χ0) is 12.5. The Morgan fingerprint density at radius 1 is 1.44 bits per heavy atom. The predicted octanol–water partition coefficient (Wildman–Crippen LogP) is 0.432. The molecule has 1 fully saturated rings. The Hall–Kier alpha value is -2.18. The standard InChI is InChI=1S/C11H14N6O/c1-6(11(18)17-7-2-3-7)16-10-8-9(13-4-12-8)14-5-15-10/h4-7H,2-3H2,1H3,(H,17,18)(H2,12,13,14,15,16). The summed E-state index contributed by atoms with van der Waals surface area (Å²) in [4.78, 5) is 27.0.